The molecule has 0 radical (unpaired) electrons. The molecule has 0 amide bonds. The van der Waals surface area contributed by atoms with E-state index in [1.807, 2.05) is 0 Å². The summed E-state index contributed by atoms with van der Waals surface area (Å²) in [6, 6.07) is 0. The molecule has 1 aliphatic heterocycles. The van der Waals surface area contributed by atoms with E-state index in [2.05, 4.69) is 10.2 Å². The van der Waals surface area contributed by atoms with Crippen LogP contribution in [0, 0.1) is 5.92 Å². The van der Waals surface area contributed by atoms with Crippen molar-refractivity contribution >= 4 is 17.0 Å². The van der Waals surface area contributed by atoms with Crippen LogP contribution in [0.15, 0.2) is 0 Å². The minimum atomic E-state index is 0. The van der Waals surface area contributed by atoms with Crippen LogP contribution in [0.2, 0.25) is 0 Å². The smallest absolute Gasteiger partial charge is 0.0107 e. The molecule has 2 aliphatic rings. The Kier molecular flexibility index (Phi) is 3.82. The molecule has 1 heterocycles. The van der Waals surface area contributed by atoms with E-state index in [1.165, 1.54) is 45.6 Å². The molecule has 2 rings (SSSR count). The largest absolute Gasteiger partial charge is 0.314 e. The van der Waals surface area contributed by atoms with Crippen LogP contribution in [0.3, 0.4) is 0 Å². The molecular weight excluding hydrogens is 204 g/mol. The lowest BCUT2D eigenvalue weighted by Gasteiger charge is -2.26. The van der Waals surface area contributed by atoms with Crippen molar-refractivity contribution in [3.63, 3.8) is 0 Å². The standard InChI is InChI=1S/C8H16N2.BrH/c1-2-8(1)7-10-5-3-9-4-6-10;/h8-9H,1-7H2;1H. The molecule has 1 saturated heterocycles. The Morgan fingerprint density at radius 3 is 2.36 bits per heavy atom. The first kappa shape index (κ1) is 9.49. The van der Waals surface area contributed by atoms with Gasteiger partial charge in [-0.3, -0.25) is 0 Å². The third-order valence-electron chi connectivity index (χ3n) is 2.42. The normalized spacial score (nSPS) is 26.2. The number of halogens is 1. The molecule has 0 spiro atoms. The van der Waals surface area contributed by atoms with Gasteiger partial charge in [0.25, 0.3) is 0 Å². The average Bonchev–Trinajstić information content (AvgIpc) is 2.74. The Balaban J connectivity index is 0.000000605. The van der Waals surface area contributed by atoms with Crippen molar-refractivity contribution in [2.24, 2.45) is 5.92 Å². The minimum Gasteiger partial charge on any atom is -0.314 e. The lowest BCUT2D eigenvalue weighted by molar-refractivity contribution is 0.232. The van der Waals surface area contributed by atoms with Crippen LogP contribution in [0.1, 0.15) is 12.8 Å². The highest BCUT2D eigenvalue weighted by molar-refractivity contribution is 8.93. The number of piperazine rings is 1. The predicted molar refractivity (Wildman–Crippen MR) is 52.4 cm³/mol. The minimum absolute atomic E-state index is 0. The molecule has 0 unspecified atom stereocenters. The summed E-state index contributed by atoms with van der Waals surface area (Å²) in [4.78, 5) is 2.59. The van der Waals surface area contributed by atoms with Crippen molar-refractivity contribution in [3.8, 4) is 0 Å². The van der Waals surface area contributed by atoms with Gasteiger partial charge in [-0.25, -0.2) is 0 Å². The van der Waals surface area contributed by atoms with E-state index in [1.54, 1.807) is 0 Å². The van der Waals surface area contributed by atoms with Gasteiger partial charge in [-0.2, -0.15) is 0 Å². The molecular formula is C8H17BrN2. The van der Waals surface area contributed by atoms with Crippen molar-refractivity contribution in [1.29, 1.82) is 0 Å². The molecule has 0 aromatic carbocycles. The van der Waals surface area contributed by atoms with Gasteiger partial charge in [-0.15, -0.1) is 17.0 Å². The van der Waals surface area contributed by atoms with E-state index in [-0.39, 0.29) is 17.0 Å². The van der Waals surface area contributed by atoms with Crippen molar-refractivity contribution in [2.45, 2.75) is 12.8 Å². The number of hydrogen-bond acceptors (Lipinski definition) is 2. The molecule has 1 N–H and O–H groups in total. The number of nitrogens with zero attached hydrogens (tertiary/aromatic N) is 1. The van der Waals surface area contributed by atoms with Gasteiger partial charge >= 0.3 is 0 Å². The zero-order valence-electron chi connectivity index (χ0n) is 6.88. The van der Waals surface area contributed by atoms with Gasteiger partial charge < -0.3 is 10.2 Å². The van der Waals surface area contributed by atoms with Crippen molar-refractivity contribution < 1.29 is 0 Å². The summed E-state index contributed by atoms with van der Waals surface area (Å²) in [6.07, 6.45) is 2.98. The molecule has 0 aromatic rings. The molecule has 2 nitrogen and oxygen atoms in total. The van der Waals surface area contributed by atoms with Crippen LogP contribution in [0.4, 0.5) is 0 Å². The SMILES string of the molecule is Br.C1CN(CC2CC2)CCN1. The van der Waals surface area contributed by atoms with Gasteiger partial charge in [0.1, 0.15) is 0 Å². The quantitative estimate of drug-likeness (QED) is 0.744. The van der Waals surface area contributed by atoms with Crippen molar-refractivity contribution in [3.05, 3.63) is 0 Å². The van der Waals surface area contributed by atoms with E-state index < -0.39 is 0 Å². The van der Waals surface area contributed by atoms with E-state index in [9.17, 15) is 0 Å². The zero-order valence-corrected chi connectivity index (χ0v) is 8.60. The average molecular weight is 221 g/mol. The third-order valence-corrected chi connectivity index (χ3v) is 2.42. The molecule has 11 heavy (non-hydrogen) atoms. The maximum Gasteiger partial charge on any atom is 0.0107 e. The van der Waals surface area contributed by atoms with Crippen LogP contribution in [0.25, 0.3) is 0 Å². The Morgan fingerprint density at radius 2 is 1.82 bits per heavy atom. The highest BCUT2D eigenvalue weighted by Gasteiger charge is 2.24. The first-order chi connectivity index (χ1) is 4.95. The van der Waals surface area contributed by atoms with E-state index >= 15 is 0 Å². The Labute approximate surface area is 79.1 Å². The number of hydrogen-bond donors (Lipinski definition) is 1. The Bertz CT molecular complexity index is 109. The molecule has 0 aromatic heterocycles. The van der Waals surface area contributed by atoms with Crippen molar-refractivity contribution in [2.75, 3.05) is 32.7 Å². The number of nitrogens with one attached hydrogen (secondary N) is 1. The van der Waals surface area contributed by atoms with Crippen LogP contribution in [-0.2, 0) is 0 Å². The van der Waals surface area contributed by atoms with Crippen molar-refractivity contribution in [1.82, 2.24) is 10.2 Å². The predicted octanol–water partition coefficient (Wildman–Crippen LogP) is 0.879. The van der Waals surface area contributed by atoms with Gasteiger partial charge in [-0.05, 0) is 18.8 Å². The lowest BCUT2D eigenvalue weighted by atomic mass is 10.3. The fraction of sp³-hybridized carbons (Fsp3) is 1.00. The summed E-state index contributed by atoms with van der Waals surface area (Å²) < 4.78 is 0. The summed E-state index contributed by atoms with van der Waals surface area (Å²) in [6.45, 7) is 6.33. The highest BCUT2D eigenvalue weighted by Crippen LogP contribution is 2.29. The van der Waals surface area contributed by atoms with Gasteiger partial charge in [0.05, 0.1) is 0 Å². The fourth-order valence-electron chi connectivity index (χ4n) is 1.56. The van der Waals surface area contributed by atoms with Gasteiger partial charge in [0.15, 0.2) is 0 Å². The Hall–Kier alpha value is 0.400. The second-order valence-corrected chi connectivity index (χ2v) is 3.49. The third kappa shape index (κ3) is 3.09. The maximum absolute atomic E-state index is 3.37. The topological polar surface area (TPSA) is 15.3 Å². The molecule has 3 heteroatoms. The fourth-order valence-corrected chi connectivity index (χ4v) is 1.56. The van der Waals surface area contributed by atoms with Gasteiger partial charge in [0, 0.05) is 32.7 Å². The summed E-state index contributed by atoms with van der Waals surface area (Å²) in [5, 5.41) is 3.37. The van der Waals surface area contributed by atoms with E-state index in [0.717, 1.165) is 5.92 Å². The second-order valence-electron chi connectivity index (χ2n) is 3.49. The summed E-state index contributed by atoms with van der Waals surface area (Å²) in [5.41, 5.74) is 0. The van der Waals surface area contributed by atoms with Crippen LogP contribution in [0.5, 0.6) is 0 Å². The number of rotatable bonds is 2. The summed E-state index contributed by atoms with van der Waals surface area (Å²) in [5.74, 6) is 1.07. The lowest BCUT2D eigenvalue weighted by Crippen LogP contribution is -2.44. The first-order valence-electron chi connectivity index (χ1n) is 4.38. The second kappa shape index (κ2) is 4.43. The summed E-state index contributed by atoms with van der Waals surface area (Å²) in [7, 11) is 0. The zero-order chi connectivity index (χ0) is 6.81. The van der Waals surface area contributed by atoms with Gasteiger partial charge in [-0.1, -0.05) is 0 Å². The van der Waals surface area contributed by atoms with E-state index in [0.29, 0.717) is 0 Å². The van der Waals surface area contributed by atoms with Crippen LogP contribution < -0.4 is 5.32 Å². The maximum atomic E-state index is 3.37. The summed E-state index contributed by atoms with van der Waals surface area (Å²) >= 11 is 0. The molecule has 0 atom stereocenters. The van der Waals surface area contributed by atoms with Crippen LogP contribution in [-0.4, -0.2) is 37.6 Å². The van der Waals surface area contributed by atoms with Crippen LogP contribution >= 0.6 is 17.0 Å². The molecule has 1 saturated carbocycles. The molecule has 66 valence electrons. The highest BCUT2D eigenvalue weighted by atomic mass is 79.9. The molecule has 2 fully saturated rings. The molecule has 0 bridgehead atoms. The van der Waals surface area contributed by atoms with E-state index in [4.69, 9.17) is 0 Å². The molecule has 1 aliphatic carbocycles. The monoisotopic (exact) mass is 220 g/mol. The Morgan fingerprint density at radius 1 is 1.18 bits per heavy atom. The first-order valence-corrected chi connectivity index (χ1v) is 4.38. The van der Waals surface area contributed by atoms with Gasteiger partial charge in [0.2, 0.25) is 0 Å².